The summed E-state index contributed by atoms with van der Waals surface area (Å²) >= 11 is 0. The van der Waals surface area contributed by atoms with Gasteiger partial charge in [0.25, 0.3) is 0 Å². The van der Waals surface area contributed by atoms with Crippen LogP contribution in [0.15, 0.2) is 18.2 Å². The number of carbonyl (C=O) groups is 1. The van der Waals surface area contributed by atoms with Crippen molar-refractivity contribution in [2.24, 2.45) is 11.3 Å². The number of benzene rings is 1. The highest BCUT2D eigenvalue weighted by Crippen LogP contribution is 2.50. The summed E-state index contributed by atoms with van der Waals surface area (Å²) in [6.07, 6.45) is 5.79. The molecule has 1 aromatic rings. The van der Waals surface area contributed by atoms with Crippen LogP contribution in [0.2, 0.25) is 0 Å². The zero-order valence-corrected chi connectivity index (χ0v) is 15.2. The maximum absolute atomic E-state index is 13.3. The monoisotopic (exact) mass is 345 g/mol. The SMILES string of the molecule is Cc1cc(F)ccc1C1CCC2(CC1)CN(C(=O)C1CC(C)(O)C1)C2. The quantitative estimate of drug-likeness (QED) is 0.886. The molecule has 1 spiro atoms. The summed E-state index contributed by atoms with van der Waals surface area (Å²) in [6.45, 7) is 5.59. The molecule has 3 nitrogen and oxygen atoms in total. The second-order valence-corrected chi connectivity index (χ2v) is 9.07. The van der Waals surface area contributed by atoms with Crippen molar-refractivity contribution in [3.63, 3.8) is 0 Å². The number of amides is 1. The number of aliphatic hydroxyl groups is 1. The van der Waals surface area contributed by atoms with Crippen LogP contribution in [0.4, 0.5) is 4.39 Å². The van der Waals surface area contributed by atoms with Crippen molar-refractivity contribution in [2.45, 2.75) is 63.9 Å². The molecule has 2 aliphatic carbocycles. The van der Waals surface area contributed by atoms with Crippen LogP contribution in [0.1, 0.15) is 62.5 Å². The Hall–Kier alpha value is -1.42. The van der Waals surface area contributed by atoms with E-state index in [1.165, 1.54) is 5.56 Å². The minimum Gasteiger partial charge on any atom is -0.390 e. The lowest BCUT2D eigenvalue weighted by atomic mass is 9.63. The van der Waals surface area contributed by atoms with Crippen LogP contribution >= 0.6 is 0 Å². The number of hydrogen-bond donors (Lipinski definition) is 1. The molecule has 4 rings (SSSR count). The minimum atomic E-state index is -0.631. The molecule has 0 unspecified atom stereocenters. The highest BCUT2D eigenvalue weighted by atomic mass is 19.1. The first-order valence-corrected chi connectivity index (χ1v) is 9.54. The predicted octanol–water partition coefficient (Wildman–Crippen LogP) is 3.78. The summed E-state index contributed by atoms with van der Waals surface area (Å²) in [5, 5.41) is 9.83. The Morgan fingerprint density at radius 1 is 1.24 bits per heavy atom. The van der Waals surface area contributed by atoms with Crippen molar-refractivity contribution in [2.75, 3.05) is 13.1 Å². The molecular weight excluding hydrogens is 317 g/mol. The molecule has 1 aromatic carbocycles. The van der Waals surface area contributed by atoms with Crippen LogP contribution < -0.4 is 0 Å². The Bertz CT molecular complexity index is 675. The number of likely N-dealkylation sites (tertiary alicyclic amines) is 1. The Labute approximate surface area is 149 Å². The number of aryl methyl sites for hydroxylation is 1. The predicted molar refractivity (Wildman–Crippen MR) is 94.7 cm³/mol. The van der Waals surface area contributed by atoms with Crippen LogP contribution in [-0.2, 0) is 4.79 Å². The van der Waals surface area contributed by atoms with Gasteiger partial charge >= 0.3 is 0 Å². The zero-order chi connectivity index (χ0) is 17.8. The van der Waals surface area contributed by atoms with Crippen LogP contribution in [0.5, 0.6) is 0 Å². The second-order valence-electron chi connectivity index (χ2n) is 9.07. The highest BCUT2D eigenvalue weighted by molar-refractivity contribution is 5.81. The third kappa shape index (κ3) is 3.10. The van der Waals surface area contributed by atoms with Gasteiger partial charge < -0.3 is 10.0 Å². The van der Waals surface area contributed by atoms with Gasteiger partial charge in [-0.25, -0.2) is 4.39 Å². The van der Waals surface area contributed by atoms with Crippen molar-refractivity contribution < 1.29 is 14.3 Å². The topological polar surface area (TPSA) is 40.5 Å². The largest absolute Gasteiger partial charge is 0.390 e. The number of rotatable bonds is 2. The summed E-state index contributed by atoms with van der Waals surface area (Å²) in [6, 6.07) is 5.16. The smallest absolute Gasteiger partial charge is 0.225 e. The molecule has 3 aliphatic rings. The van der Waals surface area contributed by atoms with Gasteiger partial charge in [0.15, 0.2) is 0 Å². The molecule has 136 valence electrons. The molecule has 0 aromatic heterocycles. The zero-order valence-electron chi connectivity index (χ0n) is 15.2. The van der Waals surface area contributed by atoms with Gasteiger partial charge in [-0.15, -0.1) is 0 Å². The fourth-order valence-electron chi connectivity index (χ4n) is 5.31. The molecule has 25 heavy (non-hydrogen) atoms. The average Bonchev–Trinajstić information content (AvgIpc) is 2.50. The van der Waals surface area contributed by atoms with Crippen LogP contribution in [0.25, 0.3) is 0 Å². The summed E-state index contributed by atoms with van der Waals surface area (Å²) in [4.78, 5) is 14.5. The van der Waals surface area contributed by atoms with Gasteiger partial charge in [0.05, 0.1) is 5.60 Å². The highest BCUT2D eigenvalue weighted by Gasteiger charge is 2.51. The Kier molecular flexibility index (Phi) is 3.95. The van der Waals surface area contributed by atoms with Crippen molar-refractivity contribution >= 4 is 5.91 Å². The van der Waals surface area contributed by atoms with E-state index in [2.05, 4.69) is 0 Å². The number of carbonyl (C=O) groups excluding carboxylic acids is 1. The molecule has 1 saturated heterocycles. The fraction of sp³-hybridized carbons (Fsp3) is 0.667. The molecule has 0 radical (unpaired) electrons. The van der Waals surface area contributed by atoms with Gasteiger partial charge in [-0.3, -0.25) is 4.79 Å². The Morgan fingerprint density at radius 2 is 1.88 bits per heavy atom. The van der Waals surface area contributed by atoms with E-state index in [1.807, 2.05) is 24.8 Å². The minimum absolute atomic E-state index is 0.0329. The lowest BCUT2D eigenvalue weighted by Crippen LogP contribution is -2.62. The Morgan fingerprint density at radius 3 is 2.44 bits per heavy atom. The van der Waals surface area contributed by atoms with Gasteiger partial charge in [0, 0.05) is 24.4 Å². The molecule has 0 atom stereocenters. The normalized spacial score (nSPS) is 31.5. The number of nitrogens with zero attached hydrogens (tertiary/aromatic N) is 1. The molecular formula is C21H28FNO2. The maximum atomic E-state index is 13.3. The van der Waals surface area contributed by atoms with Crippen LogP contribution in [-0.4, -0.2) is 34.6 Å². The molecule has 4 heteroatoms. The van der Waals surface area contributed by atoms with Gasteiger partial charge in [-0.05, 0) is 81.5 Å². The summed E-state index contributed by atoms with van der Waals surface area (Å²) < 4.78 is 13.3. The summed E-state index contributed by atoms with van der Waals surface area (Å²) in [5.74, 6) is 0.647. The molecule has 1 aliphatic heterocycles. The fourth-order valence-corrected chi connectivity index (χ4v) is 5.31. The van der Waals surface area contributed by atoms with Crippen molar-refractivity contribution in [3.8, 4) is 0 Å². The van der Waals surface area contributed by atoms with Crippen molar-refractivity contribution in [1.82, 2.24) is 4.90 Å². The third-order valence-electron chi connectivity index (χ3n) is 6.80. The Balaban J connectivity index is 1.31. The molecule has 3 fully saturated rings. The molecule has 1 N–H and O–H groups in total. The second kappa shape index (κ2) is 5.80. The van der Waals surface area contributed by atoms with E-state index in [1.54, 1.807) is 12.1 Å². The third-order valence-corrected chi connectivity index (χ3v) is 6.80. The van der Waals surface area contributed by atoms with E-state index in [9.17, 15) is 14.3 Å². The van der Waals surface area contributed by atoms with Gasteiger partial charge in [0.2, 0.25) is 5.91 Å². The molecule has 1 heterocycles. The summed E-state index contributed by atoms with van der Waals surface area (Å²) in [7, 11) is 0. The first-order chi connectivity index (χ1) is 11.8. The van der Waals surface area contributed by atoms with Gasteiger partial charge in [-0.1, -0.05) is 6.07 Å². The van der Waals surface area contributed by atoms with E-state index < -0.39 is 5.60 Å². The first-order valence-electron chi connectivity index (χ1n) is 9.54. The van der Waals surface area contributed by atoms with E-state index in [4.69, 9.17) is 0 Å². The maximum Gasteiger partial charge on any atom is 0.225 e. The lowest BCUT2D eigenvalue weighted by Gasteiger charge is -2.55. The van der Waals surface area contributed by atoms with E-state index in [0.29, 0.717) is 24.2 Å². The average molecular weight is 345 g/mol. The van der Waals surface area contributed by atoms with Crippen molar-refractivity contribution in [1.29, 1.82) is 0 Å². The van der Waals surface area contributed by atoms with Gasteiger partial charge in [-0.2, -0.15) is 0 Å². The standard InChI is InChI=1S/C21H28FNO2/c1-14-9-17(22)3-4-18(14)15-5-7-21(8-6-15)12-23(13-21)19(24)16-10-20(2,25)11-16/h3-4,9,15-16,25H,5-8,10-13H2,1-2H3. The van der Waals surface area contributed by atoms with E-state index in [-0.39, 0.29) is 17.6 Å². The van der Waals surface area contributed by atoms with E-state index in [0.717, 1.165) is 44.3 Å². The van der Waals surface area contributed by atoms with Crippen LogP contribution in [0, 0.1) is 24.1 Å². The van der Waals surface area contributed by atoms with Crippen LogP contribution in [0.3, 0.4) is 0 Å². The van der Waals surface area contributed by atoms with Crippen molar-refractivity contribution in [3.05, 3.63) is 35.1 Å². The first kappa shape index (κ1) is 17.0. The summed E-state index contributed by atoms with van der Waals surface area (Å²) in [5.41, 5.74) is 2.03. The molecule has 1 amide bonds. The van der Waals surface area contributed by atoms with E-state index >= 15 is 0 Å². The molecule has 2 saturated carbocycles. The number of halogens is 1. The number of hydrogen-bond acceptors (Lipinski definition) is 2. The molecule has 0 bridgehead atoms. The lowest BCUT2D eigenvalue weighted by molar-refractivity contribution is -0.163. The van der Waals surface area contributed by atoms with Gasteiger partial charge in [0.1, 0.15) is 5.82 Å².